The average Bonchev–Trinajstić information content (AvgIpc) is 2.71. The smallest absolute Gasteiger partial charge is 0.234 e. The van der Waals surface area contributed by atoms with Crippen molar-refractivity contribution in [2.24, 2.45) is 5.73 Å². The maximum Gasteiger partial charge on any atom is 0.234 e. The van der Waals surface area contributed by atoms with E-state index in [4.69, 9.17) is 5.73 Å². The monoisotopic (exact) mass is 259 g/mol. The van der Waals surface area contributed by atoms with Gasteiger partial charge in [0.1, 0.15) is 0 Å². The summed E-state index contributed by atoms with van der Waals surface area (Å²) in [5.74, 6) is 0.800. The summed E-state index contributed by atoms with van der Waals surface area (Å²) < 4.78 is 2.06. The predicted molar refractivity (Wildman–Crippen MR) is 74.9 cm³/mol. The van der Waals surface area contributed by atoms with Gasteiger partial charge in [-0.3, -0.25) is 9.30 Å². The van der Waals surface area contributed by atoms with Crippen LogP contribution in [0.3, 0.4) is 0 Å². The highest BCUT2D eigenvalue weighted by molar-refractivity contribution is 5.34. The molecule has 1 fully saturated rings. The molecule has 0 bridgehead atoms. The number of piperidine rings is 1. The highest BCUT2D eigenvalue weighted by Crippen LogP contribution is 2.14. The first-order valence-electron chi connectivity index (χ1n) is 6.92. The minimum atomic E-state index is 0.313. The SMILES string of the molecule is Cc1cc(C)n2cc(CN3CCCC(N)C3)nc2n1. The van der Waals surface area contributed by atoms with Gasteiger partial charge in [0.25, 0.3) is 0 Å². The molecule has 3 heterocycles. The van der Waals surface area contributed by atoms with Gasteiger partial charge in [0.2, 0.25) is 5.78 Å². The van der Waals surface area contributed by atoms with Gasteiger partial charge >= 0.3 is 0 Å². The van der Waals surface area contributed by atoms with Crippen LogP contribution in [0.5, 0.6) is 0 Å². The average molecular weight is 259 g/mol. The lowest BCUT2D eigenvalue weighted by atomic mass is 10.1. The topological polar surface area (TPSA) is 59.5 Å². The van der Waals surface area contributed by atoms with Crippen molar-refractivity contribution in [2.45, 2.75) is 39.3 Å². The van der Waals surface area contributed by atoms with Crippen LogP contribution in [0, 0.1) is 13.8 Å². The van der Waals surface area contributed by atoms with Crippen molar-refractivity contribution in [1.82, 2.24) is 19.3 Å². The van der Waals surface area contributed by atoms with E-state index in [1.165, 1.54) is 12.1 Å². The summed E-state index contributed by atoms with van der Waals surface area (Å²) in [5.41, 5.74) is 9.29. The number of nitrogens with two attached hydrogens (primary N) is 1. The number of nitrogens with zero attached hydrogens (tertiary/aromatic N) is 4. The van der Waals surface area contributed by atoms with Gasteiger partial charge in [0.15, 0.2) is 0 Å². The van der Waals surface area contributed by atoms with E-state index >= 15 is 0 Å². The Kier molecular flexibility index (Phi) is 3.24. The molecule has 2 aromatic rings. The molecule has 0 aliphatic carbocycles. The summed E-state index contributed by atoms with van der Waals surface area (Å²) in [4.78, 5) is 11.5. The number of rotatable bonds is 2. The highest BCUT2D eigenvalue weighted by Gasteiger charge is 2.18. The Bertz CT molecular complexity index is 589. The molecule has 1 unspecified atom stereocenters. The first-order valence-corrected chi connectivity index (χ1v) is 6.92. The molecule has 0 spiro atoms. The van der Waals surface area contributed by atoms with Gasteiger partial charge in [-0.2, -0.15) is 0 Å². The number of likely N-dealkylation sites (tertiary alicyclic amines) is 1. The Morgan fingerprint density at radius 3 is 3.00 bits per heavy atom. The maximum absolute atomic E-state index is 6.02. The number of hydrogen-bond acceptors (Lipinski definition) is 4. The summed E-state index contributed by atoms with van der Waals surface area (Å²) in [6, 6.07) is 2.39. The van der Waals surface area contributed by atoms with E-state index in [-0.39, 0.29) is 0 Å². The van der Waals surface area contributed by atoms with Crippen LogP contribution in [0.15, 0.2) is 12.3 Å². The third-order valence-corrected chi connectivity index (χ3v) is 3.74. The lowest BCUT2D eigenvalue weighted by Gasteiger charge is -2.29. The third-order valence-electron chi connectivity index (χ3n) is 3.74. The van der Waals surface area contributed by atoms with E-state index in [2.05, 4.69) is 38.5 Å². The van der Waals surface area contributed by atoms with E-state index in [0.717, 1.165) is 43.2 Å². The normalized spacial score (nSPS) is 21.1. The molecule has 1 aliphatic rings. The molecule has 0 radical (unpaired) electrons. The van der Waals surface area contributed by atoms with Gasteiger partial charge < -0.3 is 5.73 Å². The Labute approximate surface area is 113 Å². The molecule has 0 aromatic carbocycles. The van der Waals surface area contributed by atoms with Crippen molar-refractivity contribution in [3.8, 4) is 0 Å². The molecular weight excluding hydrogens is 238 g/mol. The van der Waals surface area contributed by atoms with E-state index in [1.54, 1.807) is 0 Å². The number of aryl methyl sites for hydroxylation is 2. The second-order valence-corrected chi connectivity index (χ2v) is 5.58. The molecule has 0 saturated carbocycles. The second kappa shape index (κ2) is 4.90. The number of hydrogen-bond donors (Lipinski definition) is 1. The molecule has 1 saturated heterocycles. The number of aromatic nitrogens is 3. The van der Waals surface area contributed by atoms with Crippen molar-refractivity contribution in [1.29, 1.82) is 0 Å². The standard InChI is InChI=1S/C14H21N5/c1-10-6-11(2)19-9-13(17-14(19)16-10)8-18-5-3-4-12(15)7-18/h6,9,12H,3-5,7-8,15H2,1-2H3. The molecule has 1 atom stereocenters. The van der Waals surface area contributed by atoms with Crippen LogP contribution in [0.1, 0.15) is 29.9 Å². The van der Waals surface area contributed by atoms with Crippen molar-refractivity contribution >= 4 is 5.78 Å². The Morgan fingerprint density at radius 1 is 1.37 bits per heavy atom. The fourth-order valence-electron chi connectivity index (χ4n) is 2.86. The van der Waals surface area contributed by atoms with Gasteiger partial charge in [-0.25, -0.2) is 9.97 Å². The zero-order valence-corrected chi connectivity index (χ0v) is 11.6. The summed E-state index contributed by atoms with van der Waals surface area (Å²) in [7, 11) is 0. The summed E-state index contributed by atoms with van der Waals surface area (Å²) >= 11 is 0. The molecule has 2 N–H and O–H groups in total. The Hall–Kier alpha value is -1.46. The molecule has 5 nitrogen and oxygen atoms in total. The molecular formula is C14H21N5. The quantitative estimate of drug-likeness (QED) is 0.882. The second-order valence-electron chi connectivity index (χ2n) is 5.58. The van der Waals surface area contributed by atoms with Crippen LogP contribution in [-0.4, -0.2) is 38.4 Å². The van der Waals surface area contributed by atoms with Crippen molar-refractivity contribution in [3.05, 3.63) is 29.3 Å². The zero-order chi connectivity index (χ0) is 13.4. The van der Waals surface area contributed by atoms with E-state index in [0.29, 0.717) is 6.04 Å². The van der Waals surface area contributed by atoms with Gasteiger partial charge in [-0.15, -0.1) is 0 Å². The fourth-order valence-corrected chi connectivity index (χ4v) is 2.86. The fraction of sp³-hybridized carbons (Fsp3) is 0.571. The zero-order valence-electron chi connectivity index (χ0n) is 11.6. The number of imidazole rings is 1. The van der Waals surface area contributed by atoms with Gasteiger partial charge in [-0.05, 0) is 39.3 Å². The molecule has 5 heteroatoms. The van der Waals surface area contributed by atoms with Crippen LogP contribution in [0.2, 0.25) is 0 Å². The molecule has 2 aromatic heterocycles. The van der Waals surface area contributed by atoms with Crippen molar-refractivity contribution < 1.29 is 0 Å². The minimum Gasteiger partial charge on any atom is -0.327 e. The molecule has 102 valence electrons. The maximum atomic E-state index is 6.02. The van der Waals surface area contributed by atoms with Crippen LogP contribution in [0.4, 0.5) is 0 Å². The Balaban J connectivity index is 1.83. The summed E-state index contributed by atoms with van der Waals surface area (Å²) in [5, 5.41) is 0. The van der Waals surface area contributed by atoms with E-state index in [1.807, 2.05) is 6.92 Å². The number of fused-ring (bicyclic) bond motifs is 1. The van der Waals surface area contributed by atoms with Gasteiger partial charge in [0, 0.05) is 36.7 Å². The lowest BCUT2D eigenvalue weighted by Crippen LogP contribution is -2.42. The molecule has 1 aliphatic heterocycles. The largest absolute Gasteiger partial charge is 0.327 e. The van der Waals surface area contributed by atoms with Crippen molar-refractivity contribution in [3.63, 3.8) is 0 Å². The first-order chi connectivity index (χ1) is 9.11. The molecule has 0 amide bonds. The van der Waals surface area contributed by atoms with Gasteiger partial charge in [0.05, 0.1) is 5.69 Å². The predicted octanol–water partition coefficient (Wildman–Crippen LogP) is 1.27. The van der Waals surface area contributed by atoms with Crippen LogP contribution in [0.25, 0.3) is 5.78 Å². The van der Waals surface area contributed by atoms with Crippen LogP contribution >= 0.6 is 0 Å². The van der Waals surface area contributed by atoms with Crippen molar-refractivity contribution in [2.75, 3.05) is 13.1 Å². The van der Waals surface area contributed by atoms with Crippen LogP contribution in [-0.2, 0) is 6.54 Å². The Morgan fingerprint density at radius 2 is 2.21 bits per heavy atom. The van der Waals surface area contributed by atoms with E-state index < -0.39 is 0 Å². The lowest BCUT2D eigenvalue weighted by molar-refractivity contribution is 0.200. The van der Waals surface area contributed by atoms with Crippen LogP contribution < -0.4 is 5.73 Å². The molecule has 3 rings (SSSR count). The highest BCUT2D eigenvalue weighted by atomic mass is 15.2. The minimum absolute atomic E-state index is 0.313. The van der Waals surface area contributed by atoms with E-state index in [9.17, 15) is 0 Å². The van der Waals surface area contributed by atoms with Gasteiger partial charge in [-0.1, -0.05) is 0 Å². The summed E-state index contributed by atoms with van der Waals surface area (Å²) in [6.45, 7) is 7.05. The first kappa shape index (κ1) is 12.6. The third kappa shape index (κ3) is 2.62. The summed E-state index contributed by atoms with van der Waals surface area (Å²) in [6.07, 6.45) is 4.42. The molecule has 19 heavy (non-hydrogen) atoms.